The maximum Gasteiger partial charge on any atom is 0.255 e. The Morgan fingerprint density at radius 3 is 2.80 bits per heavy atom. The van der Waals surface area contributed by atoms with Crippen molar-refractivity contribution in [2.45, 2.75) is 25.4 Å². The van der Waals surface area contributed by atoms with Crippen LogP contribution in [0.25, 0.3) is 0 Å². The Hall–Kier alpha value is -2.41. The zero-order valence-corrected chi connectivity index (χ0v) is 10.7. The molecule has 1 aromatic rings. The number of nitrogens with one attached hydrogen (secondary N) is 2. The van der Waals surface area contributed by atoms with E-state index in [1.54, 1.807) is 18.2 Å². The predicted octanol–water partition coefficient (Wildman–Crippen LogP) is -0.267. The number of hydrogen-bond donors (Lipinski definition) is 3. The fraction of sp³-hybridized carbons (Fsp3) is 0.308. The van der Waals surface area contributed by atoms with Gasteiger partial charge in [0.15, 0.2) is 0 Å². The molecule has 0 saturated carbocycles. The first kappa shape index (κ1) is 12.6. The van der Waals surface area contributed by atoms with Crippen molar-refractivity contribution in [2.75, 3.05) is 5.43 Å². The number of carbonyl (C=O) groups is 3. The highest BCUT2D eigenvalue weighted by Gasteiger charge is 2.39. The first-order valence-electron chi connectivity index (χ1n) is 6.35. The summed E-state index contributed by atoms with van der Waals surface area (Å²) >= 11 is 0. The van der Waals surface area contributed by atoms with Gasteiger partial charge in [-0.2, -0.15) is 0 Å². The fourth-order valence-corrected chi connectivity index (χ4v) is 2.72. The first-order valence-corrected chi connectivity index (χ1v) is 6.35. The van der Waals surface area contributed by atoms with Crippen LogP contribution in [0, 0.1) is 0 Å². The van der Waals surface area contributed by atoms with Gasteiger partial charge in [-0.15, -0.1) is 0 Å². The van der Waals surface area contributed by atoms with Crippen LogP contribution in [0.1, 0.15) is 28.8 Å². The summed E-state index contributed by atoms with van der Waals surface area (Å²) in [6.07, 6.45) is 0.605. The SMILES string of the molecule is NNc1cccc2c1CN(C1CCC(=O)NC1=O)C2=O. The molecule has 2 heterocycles. The molecule has 2 aliphatic heterocycles. The van der Waals surface area contributed by atoms with Gasteiger partial charge in [0.25, 0.3) is 5.91 Å². The van der Waals surface area contributed by atoms with Crippen molar-refractivity contribution in [1.29, 1.82) is 0 Å². The summed E-state index contributed by atoms with van der Waals surface area (Å²) in [5, 5.41) is 2.27. The zero-order valence-electron chi connectivity index (χ0n) is 10.7. The minimum atomic E-state index is -0.599. The molecule has 0 bridgehead atoms. The van der Waals surface area contributed by atoms with Crippen molar-refractivity contribution in [1.82, 2.24) is 10.2 Å². The quantitative estimate of drug-likeness (QED) is 0.391. The molecular formula is C13H14N4O3. The second-order valence-electron chi connectivity index (χ2n) is 4.88. The molecule has 1 atom stereocenters. The molecule has 1 unspecified atom stereocenters. The molecule has 1 aromatic carbocycles. The number of amides is 3. The number of nitrogen functional groups attached to an aromatic ring is 1. The summed E-state index contributed by atoms with van der Waals surface area (Å²) in [5.74, 6) is 4.53. The Morgan fingerprint density at radius 2 is 2.10 bits per heavy atom. The number of hydrazine groups is 1. The van der Waals surface area contributed by atoms with E-state index in [2.05, 4.69) is 10.7 Å². The van der Waals surface area contributed by atoms with Gasteiger partial charge < -0.3 is 10.3 Å². The molecule has 1 saturated heterocycles. The summed E-state index contributed by atoms with van der Waals surface area (Å²) in [7, 11) is 0. The van der Waals surface area contributed by atoms with E-state index in [1.807, 2.05) is 0 Å². The van der Waals surface area contributed by atoms with E-state index in [0.29, 0.717) is 24.2 Å². The third kappa shape index (κ3) is 1.83. The number of benzene rings is 1. The van der Waals surface area contributed by atoms with Gasteiger partial charge in [-0.1, -0.05) is 6.07 Å². The molecule has 0 radical (unpaired) electrons. The van der Waals surface area contributed by atoms with E-state index in [0.717, 1.165) is 5.56 Å². The Kier molecular flexibility index (Phi) is 2.90. The molecule has 104 valence electrons. The third-order valence-electron chi connectivity index (χ3n) is 3.74. The highest BCUT2D eigenvalue weighted by Crippen LogP contribution is 2.31. The molecule has 2 aliphatic rings. The maximum absolute atomic E-state index is 12.4. The van der Waals surface area contributed by atoms with Crippen LogP contribution in [-0.4, -0.2) is 28.7 Å². The lowest BCUT2D eigenvalue weighted by Crippen LogP contribution is -2.52. The number of rotatable bonds is 2. The van der Waals surface area contributed by atoms with Gasteiger partial charge in [-0.3, -0.25) is 25.5 Å². The van der Waals surface area contributed by atoms with Crippen LogP contribution in [-0.2, 0) is 16.1 Å². The van der Waals surface area contributed by atoms with E-state index in [4.69, 9.17) is 5.84 Å². The monoisotopic (exact) mass is 274 g/mol. The number of fused-ring (bicyclic) bond motifs is 1. The maximum atomic E-state index is 12.4. The molecule has 20 heavy (non-hydrogen) atoms. The van der Waals surface area contributed by atoms with Crippen LogP contribution in [0.15, 0.2) is 18.2 Å². The Bertz CT molecular complexity index is 614. The van der Waals surface area contributed by atoms with E-state index in [-0.39, 0.29) is 18.2 Å². The van der Waals surface area contributed by atoms with Gasteiger partial charge in [-0.05, 0) is 18.6 Å². The van der Waals surface area contributed by atoms with Gasteiger partial charge in [0.2, 0.25) is 11.8 Å². The smallest absolute Gasteiger partial charge is 0.255 e. The highest BCUT2D eigenvalue weighted by molar-refractivity contribution is 6.06. The van der Waals surface area contributed by atoms with Crippen LogP contribution in [0.4, 0.5) is 5.69 Å². The molecule has 0 spiro atoms. The van der Waals surface area contributed by atoms with Crippen LogP contribution in [0.2, 0.25) is 0 Å². The summed E-state index contributed by atoms with van der Waals surface area (Å²) in [4.78, 5) is 36.9. The van der Waals surface area contributed by atoms with Gasteiger partial charge in [0.05, 0.1) is 5.69 Å². The number of nitrogens with zero attached hydrogens (tertiary/aromatic N) is 1. The topological polar surface area (TPSA) is 105 Å². The van der Waals surface area contributed by atoms with Gasteiger partial charge in [0.1, 0.15) is 6.04 Å². The second-order valence-corrected chi connectivity index (χ2v) is 4.88. The fourth-order valence-electron chi connectivity index (χ4n) is 2.72. The predicted molar refractivity (Wildman–Crippen MR) is 70.3 cm³/mol. The number of nitrogens with two attached hydrogens (primary N) is 1. The average molecular weight is 274 g/mol. The van der Waals surface area contributed by atoms with Gasteiger partial charge in [0, 0.05) is 24.1 Å². The number of hydrogen-bond acceptors (Lipinski definition) is 5. The lowest BCUT2D eigenvalue weighted by molar-refractivity contribution is -0.136. The third-order valence-corrected chi connectivity index (χ3v) is 3.74. The lowest BCUT2D eigenvalue weighted by atomic mass is 10.0. The minimum absolute atomic E-state index is 0.202. The normalized spacial score (nSPS) is 21.8. The van der Waals surface area contributed by atoms with Crippen molar-refractivity contribution in [2.24, 2.45) is 5.84 Å². The highest BCUT2D eigenvalue weighted by atomic mass is 16.2. The van der Waals surface area contributed by atoms with Gasteiger partial charge in [-0.25, -0.2) is 0 Å². The van der Waals surface area contributed by atoms with Crippen LogP contribution < -0.4 is 16.6 Å². The molecule has 3 amide bonds. The van der Waals surface area contributed by atoms with Crippen molar-refractivity contribution >= 4 is 23.4 Å². The summed E-state index contributed by atoms with van der Waals surface area (Å²) < 4.78 is 0. The Labute approximate surface area is 115 Å². The second kappa shape index (κ2) is 4.61. The summed E-state index contributed by atoms with van der Waals surface area (Å²) in [6.45, 7) is 0.320. The van der Waals surface area contributed by atoms with Crippen molar-refractivity contribution < 1.29 is 14.4 Å². The largest absolute Gasteiger partial charge is 0.324 e. The molecule has 0 aromatic heterocycles. The summed E-state index contributed by atoms with van der Waals surface area (Å²) in [5.41, 5.74) is 4.56. The molecular weight excluding hydrogens is 260 g/mol. The number of piperidine rings is 1. The first-order chi connectivity index (χ1) is 9.61. The number of imide groups is 1. The van der Waals surface area contributed by atoms with E-state index in [9.17, 15) is 14.4 Å². The van der Waals surface area contributed by atoms with Crippen molar-refractivity contribution in [3.8, 4) is 0 Å². The summed E-state index contributed by atoms with van der Waals surface area (Å²) in [6, 6.07) is 4.63. The molecule has 7 nitrogen and oxygen atoms in total. The number of anilines is 1. The number of carbonyl (C=O) groups excluding carboxylic acids is 3. The minimum Gasteiger partial charge on any atom is -0.324 e. The Morgan fingerprint density at radius 1 is 1.30 bits per heavy atom. The molecule has 4 N–H and O–H groups in total. The van der Waals surface area contributed by atoms with Gasteiger partial charge >= 0.3 is 0 Å². The van der Waals surface area contributed by atoms with E-state index < -0.39 is 11.9 Å². The molecule has 0 aliphatic carbocycles. The van der Waals surface area contributed by atoms with Crippen molar-refractivity contribution in [3.63, 3.8) is 0 Å². The zero-order chi connectivity index (χ0) is 14.3. The van der Waals surface area contributed by atoms with Crippen LogP contribution in [0.5, 0.6) is 0 Å². The lowest BCUT2D eigenvalue weighted by Gasteiger charge is -2.29. The van der Waals surface area contributed by atoms with Crippen LogP contribution in [0.3, 0.4) is 0 Å². The standard InChI is InChI=1S/C13H14N4O3/c14-16-9-3-1-2-7-8(9)6-17(13(7)20)10-4-5-11(18)15-12(10)19/h1-3,10,16H,4-6,14H2,(H,15,18,19). The van der Waals surface area contributed by atoms with Crippen molar-refractivity contribution in [3.05, 3.63) is 29.3 Å². The van der Waals surface area contributed by atoms with E-state index >= 15 is 0 Å². The van der Waals surface area contributed by atoms with E-state index in [1.165, 1.54) is 4.90 Å². The molecule has 3 rings (SSSR count). The Balaban J connectivity index is 1.90. The molecule has 7 heteroatoms. The van der Waals surface area contributed by atoms with Crippen LogP contribution >= 0.6 is 0 Å². The molecule has 1 fully saturated rings. The average Bonchev–Trinajstić information content (AvgIpc) is 2.76.